The van der Waals surface area contributed by atoms with Gasteiger partial charge in [-0.05, 0) is 51.1 Å². The molecule has 0 bridgehead atoms. The van der Waals surface area contributed by atoms with Gasteiger partial charge in [-0.2, -0.15) is 0 Å². The highest BCUT2D eigenvalue weighted by molar-refractivity contribution is 5.96. The molecule has 2 N–H and O–H groups in total. The van der Waals surface area contributed by atoms with Crippen molar-refractivity contribution in [3.8, 4) is 11.5 Å². The fourth-order valence-electron chi connectivity index (χ4n) is 2.34. The van der Waals surface area contributed by atoms with Gasteiger partial charge in [-0.1, -0.05) is 18.2 Å². The summed E-state index contributed by atoms with van der Waals surface area (Å²) in [5, 5.41) is 0. The average Bonchev–Trinajstić information content (AvgIpc) is 2.73. The molecule has 2 aromatic carbocycles. The van der Waals surface area contributed by atoms with Crippen LogP contribution in [0.4, 0.5) is 0 Å². The van der Waals surface area contributed by atoms with E-state index in [0.29, 0.717) is 30.3 Å². The molecule has 154 valence electrons. The van der Waals surface area contributed by atoms with Crippen molar-refractivity contribution in [3.63, 3.8) is 0 Å². The molecule has 0 fully saturated rings. The molecule has 2 rings (SSSR count). The second-order valence-electron chi connectivity index (χ2n) is 5.88. The molecule has 29 heavy (non-hydrogen) atoms. The minimum atomic E-state index is -1.12. The van der Waals surface area contributed by atoms with E-state index in [4.69, 9.17) is 14.2 Å². The average molecular weight is 400 g/mol. The maximum absolute atomic E-state index is 12.4. The van der Waals surface area contributed by atoms with Crippen molar-refractivity contribution in [2.24, 2.45) is 0 Å². The van der Waals surface area contributed by atoms with Crippen LogP contribution in [0.5, 0.6) is 11.5 Å². The Morgan fingerprint density at radius 1 is 0.862 bits per heavy atom. The van der Waals surface area contributed by atoms with E-state index in [9.17, 15) is 14.4 Å². The summed E-state index contributed by atoms with van der Waals surface area (Å²) in [6.07, 6.45) is -1.12. The van der Waals surface area contributed by atoms with Crippen molar-refractivity contribution in [1.29, 1.82) is 0 Å². The van der Waals surface area contributed by atoms with Gasteiger partial charge < -0.3 is 14.2 Å². The second kappa shape index (κ2) is 10.7. The topological polar surface area (TPSA) is 103 Å². The number of carbonyl (C=O) groups is 3. The maximum Gasteiger partial charge on any atom is 0.339 e. The van der Waals surface area contributed by atoms with Crippen LogP contribution < -0.4 is 20.3 Å². The lowest BCUT2D eigenvalue weighted by molar-refractivity contribution is -0.129. The van der Waals surface area contributed by atoms with Gasteiger partial charge in [0.05, 0.1) is 18.8 Å². The smallest absolute Gasteiger partial charge is 0.339 e. The number of hydrogen-bond donors (Lipinski definition) is 2. The van der Waals surface area contributed by atoms with E-state index in [2.05, 4.69) is 10.9 Å². The van der Waals surface area contributed by atoms with Crippen LogP contribution in [0.2, 0.25) is 0 Å². The van der Waals surface area contributed by atoms with Crippen LogP contribution in [0.1, 0.15) is 41.5 Å². The molecule has 0 radical (unpaired) electrons. The molecule has 2 aromatic rings. The van der Waals surface area contributed by atoms with Gasteiger partial charge in [0.25, 0.3) is 11.8 Å². The molecule has 0 heterocycles. The monoisotopic (exact) mass is 400 g/mol. The quantitative estimate of drug-likeness (QED) is 0.521. The third kappa shape index (κ3) is 6.24. The van der Waals surface area contributed by atoms with Crippen LogP contribution in [-0.2, 0) is 9.53 Å². The number of amides is 2. The summed E-state index contributed by atoms with van der Waals surface area (Å²) in [7, 11) is 0. The lowest BCUT2D eigenvalue weighted by atomic mass is 10.2. The predicted octanol–water partition coefficient (Wildman–Crippen LogP) is 2.49. The van der Waals surface area contributed by atoms with Crippen molar-refractivity contribution in [1.82, 2.24) is 10.9 Å². The van der Waals surface area contributed by atoms with Crippen LogP contribution in [0, 0.1) is 0 Å². The summed E-state index contributed by atoms with van der Waals surface area (Å²) in [4.78, 5) is 36.4. The van der Waals surface area contributed by atoms with Gasteiger partial charge >= 0.3 is 5.97 Å². The zero-order valence-electron chi connectivity index (χ0n) is 16.6. The Morgan fingerprint density at radius 3 is 2.17 bits per heavy atom. The molecular weight excluding hydrogens is 376 g/mol. The minimum absolute atomic E-state index is 0.213. The van der Waals surface area contributed by atoms with Gasteiger partial charge in [-0.15, -0.1) is 0 Å². The van der Waals surface area contributed by atoms with E-state index in [1.807, 2.05) is 13.8 Å². The predicted molar refractivity (Wildman–Crippen MR) is 106 cm³/mol. The molecular formula is C21H24N2O6. The molecule has 1 atom stereocenters. The number of hydrazine groups is 1. The van der Waals surface area contributed by atoms with Gasteiger partial charge in [0.15, 0.2) is 17.6 Å². The number of nitrogens with one attached hydrogen (secondary N) is 2. The van der Waals surface area contributed by atoms with Gasteiger partial charge in [-0.25, -0.2) is 4.79 Å². The Morgan fingerprint density at radius 2 is 1.52 bits per heavy atom. The van der Waals surface area contributed by atoms with Gasteiger partial charge in [0.2, 0.25) is 0 Å². The molecule has 8 heteroatoms. The van der Waals surface area contributed by atoms with Crippen molar-refractivity contribution >= 4 is 17.8 Å². The number of esters is 1. The molecule has 0 aliphatic carbocycles. The SMILES string of the molecule is CCOc1ccc(C(=O)O[C@H](C)C(=O)NNC(=O)c2ccccc2)cc1OCC. The maximum atomic E-state index is 12.4. The highest BCUT2D eigenvalue weighted by Crippen LogP contribution is 2.28. The molecule has 0 aliphatic rings. The Kier molecular flexibility index (Phi) is 8.02. The minimum Gasteiger partial charge on any atom is -0.490 e. The van der Waals surface area contributed by atoms with Crippen molar-refractivity contribution in [3.05, 3.63) is 59.7 Å². The summed E-state index contributed by atoms with van der Waals surface area (Å²) < 4.78 is 16.1. The largest absolute Gasteiger partial charge is 0.490 e. The van der Waals surface area contributed by atoms with E-state index < -0.39 is 23.9 Å². The lowest BCUT2D eigenvalue weighted by Crippen LogP contribution is -2.46. The number of rotatable bonds is 8. The summed E-state index contributed by atoms with van der Waals surface area (Å²) in [6.45, 7) is 5.92. The standard InChI is InChI=1S/C21H24N2O6/c1-4-27-17-12-11-16(13-18(17)28-5-2)21(26)29-14(3)19(24)22-23-20(25)15-9-7-6-8-10-15/h6-14H,4-5H2,1-3H3,(H,22,24)(H,23,25)/t14-/m1/s1. The van der Waals surface area contributed by atoms with E-state index in [0.717, 1.165) is 0 Å². The number of benzene rings is 2. The van der Waals surface area contributed by atoms with Crippen LogP contribution in [0.3, 0.4) is 0 Å². The number of carbonyl (C=O) groups excluding carboxylic acids is 3. The van der Waals surface area contributed by atoms with Crippen molar-refractivity contribution in [2.75, 3.05) is 13.2 Å². The third-order valence-electron chi connectivity index (χ3n) is 3.77. The molecule has 0 aromatic heterocycles. The van der Waals surface area contributed by atoms with E-state index >= 15 is 0 Å². The summed E-state index contributed by atoms with van der Waals surface area (Å²) in [5.74, 6) is -0.925. The fourth-order valence-corrected chi connectivity index (χ4v) is 2.34. The number of hydrogen-bond acceptors (Lipinski definition) is 6. The van der Waals surface area contributed by atoms with Crippen molar-refractivity contribution < 1.29 is 28.6 Å². The summed E-state index contributed by atoms with van der Waals surface area (Å²) in [5.41, 5.74) is 5.11. The van der Waals surface area contributed by atoms with Crippen molar-refractivity contribution in [2.45, 2.75) is 26.9 Å². The van der Waals surface area contributed by atoms with Crippen LogP contribution in [-0.4, -0.2) is 37.1 Å². The molecule has 2 amide bonds. The molecule has 0 unspecified atom stereocenters. The first kappa shape index (κ1) is 21.7. The van der Waals surface area contributed by atoms with Gasteiger partial charge in [0, 0.05) is 5.56 Å². The Labute approximate surface area is 169 Å². The van der Waals surface area contributed by atoms with Crippen LogP contribution in [0.25, 0.3) is 0 Å². The van der Waals surface area contributed by atoms with E-state index in [1.165, 1.54) is 19.1 Å². The first-order valence-corrected chi connectivity index (χ1v) is 9.22. The normalized spacial score (nSPS) is 11.1. The molecule has 0 spiro atoms. The number of ether oxygens (including phenoxy) is 3. The molecule has 0 saturated carbocycles. The lowest BCUT2D eigenvalue weighted by Gasteiger charge is -2.15. The van der Waals surface area contributed by atoms with Gasteiger partial charge in [-0.3, -0.25) is 20.4 Å². The van der Waals surface area contributed by atoms with E-state index in [-0.39, 0.29) is 5.56 Å². The highest BCUT2D eigenvalue weighted by Gasteiger charge is 2.21. The zero-order valence-corrected chi connectivity index (χ0v) is 16.6. The third-order valence-corrected chi connectivity index (χ3v) is 3.77. The Bertz CT molecular complexity index is 854. The van der Waals surface area contributed by atoms with Crippen LogP contribution in [0.15, 0.2) is 48.5 Å². The zero-order chi connectivity index (χ0) is 21.2. The van der Waals surface area contributed by atoms with E-state index in [1.54, 1.807) is 36.4 Å². The summed E-state index contributed by atoms with van der Waals surface area (Å²) in [6, 6.07) is 13.0. The first-order chi connectivity index (χ1) is 14.0. The summed E-state index contributed by atoms with van der Waals surface area (Å²) >= 11 is 0. The highest BCUT2D eigenvalue weighted by atomic mass is 16.5. The Balaban J connectivity index is 1.94. The van der Waals surface area contributed by atoms with Gasteiger partial charge in [0.1, 0.15) is 0 Å². The molecule has 0 saturated heterocycles. The first-order valence-electron chi connectivity index (χ1n) is 9.22. The Hall–Kier alpha value is -3.55. The fraction of sp³-hybridized carbons (Fsp3) is 0.286. The molecule has 0 aliphatic heterocycles. The second-order valence-corrected chi connectivity index (χ2v) is 5.88. The van der Waals surface area contributed by atoms with Crippen LogP contribution >= 0.6 is 0 Å². The molecule has 8 nitrogen and oxygen atoms in total.